The third-order valence-corrected chi connectivity index (χ3v) is 4.49. The van der Waals surface area contributed by atoms with Gasteiger partial charge in [-0.3, -0.25) is 10.1 Å². The lowest BCUT2D eigenvalue weighted by Gasteiger charge is -2.13. The van der Waals surface area contributed by atoms with Crippen molar-refractivity contribution >= 4 is 35.0 Å². The lowest BCUT2D eigenvalue weighted by atomic mass is 10.2. The Hall–Kier alpha value is -3.57. The molecule has 2 amide bonds. The number of carbonyl (C=O) groups is 2. The van der Waals surface area contributed by atoms with Gasteiger partial charge >= 0.3 is 12.3 Å². The van der Waals surface area contributed by atoms with Crippen LogP contribution < -0.4 is 10.6 Å². The fraction of sp³-hybridized carbons (Fsp3) is 0.190. The Balaban J connectivity index is 1.81. The van der Waals surface area contributed by atoms with Crippen LogP contribution in [-0.4, -0.2) is 42.1 Å². The highest BCUT2D eigenvalue weighted by molar-refractivity contribution is 6.30. The molecule has 33 heavy (non-hydrogen) atoms. The number of ether oxygens (including phenoxy) is 2. The molecule has 3 rings (SSSR count). The molecule has 3 aromatic rings. The number of rotatable bonds is 7. The molecule has 2 N–H and O–H groups in total. The summed E-state index contributed by atoms with van der Waals surface area (Å²) in [5, 5.41) is 8.92. The molecule has 0 unspecified atom stereocenters. The van der Waals surface area contributed by atoms with Crippen molar-refractivity contribution in [2.45, 2.75) is 6.18 Å². The predicted molar refractivity (Wildman–Crippen MR) is 115 cm³/mol. The summed E-state index contributed by atoms with van der Waals surface area (Å²) >= 11 is 5.79. The van der Waals surface area contributed by atoms with E-state index in [4.69, 9.17) is 21.1 Å². The van der Waals surface area contributed by atoms with Gasteiger partial charge in [0.05, 0.1) is 24.1 Å². The van der Waals surface area contributed by atoms with Crippen molar-refractivity contribution in [2.24, 2.45) is 0 Å². The largest absolute Gasteiger partial charge is 0.447 e. The zero-order valence-electron chi connectivity index (χ0n) is 17.1. The van der Waals surface area contributed by atoms with Crippen LogP contribution in [0.1, 0.15) is 16.1 Å². The molecule has 0 aliphatic carbocycles. The van der Waals surface area contributed by atoms with Gasteiger partial charge in [-0.1, -0.05) is 17.7 Å². The maximum absolute atomic E-state index is 13.8. The van der Waals surface area contributed by atoms with Gasteiger partial charge in [0.15, 0.2) is 5.69 Å². The van der Waals surface area contributed by atoms with Crippen LogP contribution in [0.4, 0.5) is 29.3 Å². The zero-order valence-corrected chi connectivity index (χ0v) is 17.9. The molecular weight excluding hydrogens is 465 g/mol. The van der Waals surface area contributed by atoms with Crippen molar-refractivity contribution in [3.05, 3.63) is 71.0 Å². The molecule has 0 aliphatic heterocycles. The first kappa shape index (κ1) is 24.1. The minimum Gasteiger partial charge on any atom is -0.447 e. The van der Waals surface area contributed by atoms with E-state index in [0.29, 0.717) is 9.70 Å². The van der Waals surface area contributed by atoms with Crippen molar-refractivity contribution in [1.29, 1.82) is 0 Å². The fourth-order valence-electron chi connectivity index (χ4n) is 2.81. The number of nitrogens with one attached hydrogen (secondary N) is 2. The second kappa shape index (κ2) is 10.4. The monoisotopic (exact) mass is 482 g/mol. The molecule has 0 bridgehead atoms. The van der Waals surface area contributed by atoms with E-state index in [-0.39, 0.29) is 30.3 Å². The number of hydrogen-bond acceptors (Lipinski definition) is 5. The quantitative estimate of drug-likeness (QED) is 0.463. The van der Waals surface area contributed by atoms with Gasteiger partial charge in [-0.2, -0.15) is 18.3 Å². The molecule has 0 radical (unpaired) electrons. The second-order valence-corrected chi connectivity index (χ2v) is 7.02. The zero-order chi connectivity index (χ0) is 24.0. The number of aromatic nitrogens is 2. The molecule has 0 saturated heterocycles. The molecule has 174 valence electrons. The first-order chi connectivity index (χ1) is 15.7. The Labute approximate surface area is 191 Å². The summed E-state index contributed by atoms with van der Waals surface area (Å²) in [6.45, 7) is 0.255. The Morgan fingerprint density at radius 2 is 1.73 bits per heavy atom. The number of alkyl halides is 3. The van der Waals surface area contributed by atoms with Crippen LogP contribution >= 0.6 is 11.6 Å². The van der Waals surface area contributed by atoms with E-state index in [1.807, 2.05) is 0 Å². The van der Waals surface area contributed by atoms with E-state index in [1.54, 1.807) is 0 Å². The number of amides is 2. The normalized spacial score (nSPS) is 11.2. The lowest BCUT2D eigenvalue weighted by molar-refractivity contribution is -0.143. The number of methoxy groups -OCH3 is 1. The van der Waals surface area contributed by atoms with Gasteiger partial charge in [0.25, 0.3) is 5.91 Å². The first-order valence-corrected chi connectivity index (χ1v) is 9.82. The third-order valence-electron chi connectivity index (χ3n) is 4.24. The molecule has 8 nitrogen and oxygen atoms in total. The van der Waals surface area contributed by atoms with Crippen LogP contribution in [0.25, 0.3) is 5.69 Å². The topological polar surface area (TPSA) is 94.5 Å². The van der Waals surface area contributed by atoms with Crippen LogP contribution in [0.15, 0.2) is 54.7 Å². The average molecular weight is 483 g/mol. The number of benzene rings is 2. The van der Waals surface area contributed by atoms with Crippen molar-refractivity contribution < 1.29 is 32.2 Å². The molecule has 0 aliphatic rings. The first-order valence-electron chi connectivity index (χ1n) is 9.44. The molecule has 0 fully saturated rings. The molecule has 0 spiro atoms. The van der Waals surface area contributed by atoms with Crippen LogP contribution in [0, 0.1) is 0 Å². The lowest BCUT2D eigenvalue weighted by Crippen LogP contribution is -2.21. The molecule has 12 heteroatoms. The Bertz CT molecular complexity index is 1130. The van der Waals surface area contributed by atoms with Gasteiger partial charge in [-0.15, -0.1) is 0 Å². The SMILES string of the molecule is COCCOC(=O)Nc1cccc(NC(=O)c2cnn(-c3ccc(Cl)cc3)c2C(F)(F)F)c1. The van der Waals surface area contributed by atoms with Crippen molar-refractivity contribution in [3.63, 3.8) is 0 Å². The van der Waals surface area contributed by atoms with E-state index >= 15 is 0 Å². The van der Waals surface area contributed by atoms with E-state index in [9.17, 15) is 22.8 Å². The number of anilines is 2. The van der Waals surface area contributed by atoms with Crippen LogP contribution in [0.3, 0.4) is 0 Å². The van der Waals surface area contributed by atoms with Gasteiger partial charge in [0.1, 0.15) is 6.61 Å². The third kappa shape index (κ3) is 6.24. The van der Waals surface area contributed by atoms with Gasteiger partial charge in [-0.05, 0) is 42.5 Å². The number of nitrogens with zero attached hydrogens (tertiary/aromatic N) is 2. The van der Waals surface area contributed by atoms with Gasteiger partial charge in [0.2, 0.25) is 0 Å². The molecular formula is C21H18ClF3N4O4. The van der Waals surface area contributed by atoms with Crippen LogP contribution in [-0.2, 0) is 15.7 Å². The molecule has 2 aromatic carbocycles. The van der Waals surface area contributed by atoms with E-state index in [0.717, 1.165) is 6.20 Å². The fourth-order valence-corrected chi connectivity index (χ4v) is 2.94. The standard InChI is InChI=1S/C21H18ClF3N4O4/c1-32-9-10-33-20(31)28-15-4-2-3-14(11-15)27-19(30)17-12-26-29(18(17)21(23,24)25)16-7-5-13(22)6-8-16/h2-8,11-12H,9-10H2,1H3,(H,27,30)(H,28,31). The second-order valence-electron chi connectivity index (χ2n) is 6.58. The number of carbonyl (C=O) groups excluding carboxylic acids is 2. The molecule has 0 saturated carbocycles. The minimum absolute atomic E-state index is 0.0383. The summed E-state index contributed by atoms with van der Waals surface area (Å²) in [6, 6.07) is 11.4. The minimum atomic E-state index is -4.86. The van der Waals surface area contributed by atoms with E-state index < -0.39 is 29.4 Å². The van der Waals surface area contributed by atoms with Crippen LogP contribution in [0.2, 0.25) is 5.02 Å². The van der Waals surface area contributed by atoms with Gasteiger partial charge < -0.3 is 14.8 Å². The maximum Gasteiger partial charge on any atom is 0.434 e. The number of halogens is 4. The highest BCUT2D eigenvalue weighted by Crippen LogP contribution is 2.34. The molecule has 1 aromatic heterocycles. The van der Waals surface area contributed by atoms with Crippen LogP contribution in [0.5, 0.6) is 0 Å². The average Bonchev–Trinajstić information content (AvgIpc) is 3.21. The van der Waals surface area contributed by atoms with E-state index in [2.05, 4.69) is 15.7 Å². The van der Waals surface area contributed by atoms with Gasteiger partial charge in [-0.25, -0.2) is 9.48 Å². The van der Waals surface area contributed by atoms with Crippen molar-refractivity contribution in [1.82, 2.24) is 9.78 Å². The van der Waals surface area contributed by atoms with Crippen molar-refractivity contribution in [3.8, 4) is 5.69 Å². The summed E-state index contributed by atoms with van der Waals surface area (Å²) in [6.07, 6.45) is -4.78. The summed E-state index contributed by atoms with van der Waals surface area (Å²) in [7, 11) is 1.46. The summed E-state index contributed by atoms with van der Waals surface area (Å²) < 4.78 is 51.7. The smallest absolute Gasteiger partial charge is 0.434 e. The number of hydrogen-bond donors (Lipinski definition) is 2. The molecule has 1 heterocycles. The summed E-state index contributed by atoms with van der Waals surface area (Å²) in [5.41, 5.74) is -1.40. The Kier molecular flexibility index (Phi) is 7.56. The van der Waals surface area contributed by atoms with Gasteiger partial charge in [0, 0.05) is 23.5 Å². The van der Waals surface area contributed by atoms with E-state index in [1.165, 1.54) is 55.6 Å². The molecule has 0 atom stereocenters. The van der Waals surface area contributed by atoms with Crippen molar-refractivity contribution in [2.75, 3.05) is 31.0 Å². The Morgan fingerprint density at radius 1 is 1.06 bits per heavy atom. The summed E-state index contributed by atoms with van der Waals surface area (Å²) in [4.78, 5) is 24.4. The highest BCUT2D eigenvalue weighted by Gasteiger charge is 2.40. The Morgan fingerprint density at radius 3 is 2.36 bits per heavy atom. The summed E-state index contributed by atoms with van der Waals surface area (Å²) in [5.74, 6) is -1.03. The highest BCUT2D eigenvalue weighted by atomic mass is 35.5. The maximum atomic E-state index is 13.8. The predicted octanol–water partition coefficient (Wildman–Crippen LogP) is 4.99.